The van der Waals surface area contributed by atoms with Crippen molar-refractivity contribution in [3.8, 4) is 5.75 Å². The van der Waals surface area contributed by atoms with Crippen LogP contribution in [-0.2, 0) is 62.4 Å². The maximum Gasteiger partial charge on any atom is 0.326 e. The summed E-state index contributed by atoms with van der Waals surface area (Å²) in [4.78, 5) is 132. The summed E-state index contributed by atoms with van der Waals surface area (Å²) in [6, 6.07) is -4.68. The van der Waals surface area contributed by atoms with Crippen LogP contribution in [0, 0.1) is 11.8 Å². The summed E-state index contributed by atoms with van der Waals surface area (Å²) in [6.07, 6.45) is 2.87. The summed E-state index contributed by atoms with van der Waals surface area (Å²) in [5, 5.41) is 43.9. The SMILES string of the molecule is CC(C)C[C@H](NC(=O)[C@H](Cc1cnc[nH]1)NC(=O)[C@@H](N)C(C)C)C(=O)N[C@@H](CC(N)=O)C(=O)N[C@@H](Cc1ccc(O)cc1)C(=O)N[C@@H](CCC(=O)O)C(=O)N[C@@H](Cc1cnc[nH]1)C(=O)O. The van der Waals surface area contributed by atoms with Crippen molar-refractivity contribution in [3.05, 3.63) is 66.3 Å². The normalized spacial score (nSPS) is 14.4. The number of carboxylic acids is 2. The van der Waals surface area contributed by atoms with Crippen molar-refractivity contribution in [1.82, 2.24) is 51.8 Å². The summed E-state index contributed by atoms with van der Waals surface area (Å²) < 4.78 is 0. The van der Waals surface area contributed by atoms with Gasteiger partial charge in [0.05, 0.1) is 25.1 Å². The molecule has 3 aromatic rings. The monoisotopic (exact) mass is 910 g/mol. The van der Waals surface area contributed by atoms with Crippen molar-refractivity contribution >= 4 is 53.3 Å². The van der Waals surface area contributed by atoms with E-state index in [9.17, 15) is 58.5 Å². The van der Waals surface area contributed by atoms with Gasteiger partial charge >= 0.3 is 11.9 Å². The first-order valence-corrected chi connectivity index (χ1v) is 20.7. The Labute approximate surface area is 373 Å². The summed E-state index contributed by atoms with van der Waals surface area (Å²) in [6.45, 7) is 6.95. The highest BCUT2D eigenvalue weighted by Gasteiger charge is 2.35. The van der Waals surface area contributed by atoms with Gasteiger partial charge in [-0.1, -0.05) is 39.8 Å². The van der Waals surface area contributed by atoms with Crippen LogP contribution >= 0.6 is 0 Å². The number of hydrogen-bond acceptors (Lipinski definition) is 13. The Balaban J connectivity index is 1.91. The molecule has 0 fully saturated rings. The molecule has 3 rings (SSSR count). The van der Waals surface area contributed by atoms with Crippen molar-refractivity contribution < 1.29 is 58.5 Å². The van der Waals surface area contributed by atoms with Crippen LogP contribution in [0.1, 0.15) is 70.3 Å². The highest BCUT2D eigenvalue weighted by atomic mass is 16.4. The summed E-state index contributed by atoms with van der Waals surface area (Å²) in [7, 11) is 0. The Morgan fingerprint density at radius 1 is 0.615 bits per heavy atom. The lowest BCUT2D eigenvalue weighted by Gasteiger charge is -2.28. The Hall–Kier alpha value is -7.37. The molecule has 0 bridgehead atoms. The van der Waals surface area contributed by atoms with E-state index >= 15 is 0 Å². The molecule has 65 heavy (non-hydrogen) atoms. The van der Waals surface area contributed by atoms with E-state index in [1.165, 1.54) is 49.3 Å². The third kappa shape index (κ3) is 17.7. The number of H-pyrrole nitrogens is 2. The number of phenolic OH excluding ortho intramolecular Hbond substituents is 1. The van der Waals surface area contributed by atoms with Gasteiger partial charge in [-0.25, -0.2) is 14.8 Å². The molecule has 0 radical (unpaired) electrons. The average molecular weight is 911 g/mol. The fourth-order valence-corrected chi connectivity index (χ4v) is 6.30. The first-order valence-electron chi connectivity index (χ1n) is 20.7. The minimum Gasteiger partial charge on any atom is -0.508 e. The van der Waals surface area contributed by atoms with Crippen LogP contribution < -0.4 is 43.4 Å². The van der Waals surface area contributed by atoms with Crippen molar-refractivity contribution in [1.29, 1.82) is 0 Å². The van der Waals surface area contributed by atoms with Gasteiger partial charge in [-0.3, -0.25) is 38.4 Å². The number of nitrogens with zero attached hydrogens (tertiary/aromatic N) is 2. The molecule has 354 valence electrons. The van der Waals surface area contributed by atoms with Crippen LogP contribution in [0.15, 0.2) is 49.3 Å². The highest BCUT2D eigenvalue weighted by Crippen LogP contribution is 2.14. The Kier molecular flexibility index (Phi) is 20.0. The summed E-state index contributed by atoms with van der Waals surface area (Å²) in [5.74, 6) is -10.1. The van der Waals surface area contributed by atoms with Crippen LogP contribution in [-0.4, -0.2) is 131 Å². The fourth-order valence-electron chi connectivity index (χ4n) is 6.30. The molecule has 0 saturated carbocycles. The predicted octanol–water partition coefficient (Wildman–Crippen LogP) is -2.37. The number of aromatic amines is 2. The number of aliphatic carboxylic acids is 2. The number of imidazole rings is 2. The van der Waals surface area contributed by atoms with Crippen molar-refractivity contribution in [2.75, 3.05) is 0 Å². The number of aromatic nitrogens is 4. The molecule has 2 aromatic heterocycles. The molecule has 24 heteroatoms. The molecule has 0 aliphatic heterocycles. The van der Waals surface area contributed by atoms with E-state index in [4.69, 9.17) is 11.5 Å². The molecular weight excluding hydrogens is 853 g/mol. The van der Waals surface area contributed by atoms with E-state index in [-0.39, 0.29) is 43.3 Å². The van der Waals surface area contributed by atoms with Gasteiger partial charge in [-0.2, -0.15) is 0 Å². The number of aromatic hydroxyl groups is 1. The second kappa shape index (κ2) is 25.1. The number of rotatable bonds is 27. The summed E-state index contributed by atoms with van der Waals surface area (Å²) in [5.41, 5.74) is 12.7. The fraction of sp³-hybridized carbons (Fsp3) is 0.488. The van der Waals surface area contributed by atoms with E-state index in [2.05, 4.69) is 51.8 Å². The molecular formula is C41H58N12O12. The standard InChI is InChI=1S/C41H58N12O12/c1-20(2)11-27(49-38(61)29(13-23-16-44-18-46-23)52-40(63)34(43)21(3)4)36(59)51-30(15-32(42)55)39(62)50-28(12-22-5-7-25(54)8-6-22)37(60)48-26(9-10-33(56)57)35(58)53-31(41(64)65)14-24-17-45-19-47-24/h5-8,16-21,26-31,34,54H,9-15,43H2,1-4H3,(H2,42,55)(H,44,46)(H,45,47)(H,48,60)(H,49,61)(H,50,62)(H,51,59)(H,52,63)(H,53,58)(H,56,57)(H,64,65)/t26-,27-,28-,29-,30-,31-,34-/m0/s1. The van der Waals surface area contributed by atoms with Crippen LogP contribution in [0.3, 0.4) is 0 Å². The predicted molar refractivity (Wildman–Crippen MR) is 229 cm³/mol. The zero-order valence-corrected chi connectivity index (χ0v) is 36.3. The number of carbonyl (C=O) groups excluding carboxylic acids is 7. The molecule has 0 aliphatic carbocycles. The quantitative estimate of drug-likeness (QED) is 0.0380. The smallest absolute Gasteiger partial charge is 0.326 e. The van der Waals surface area contributed by atoms with Crippen molar-refractivity contribution in [2.24, 2.45) is 23.3 Å². The van der Waals surface area contributed by atoms with E-state index in [0.717, 1.165) is 0 Å². The largest absolute Gasteiger partial charge is 0.508 e. The molecule has 0 aliphatic rings. The number of phenols is 1. The van der Waals surface area contributed by atoms with Gasteiger partial charge in [0.15, 0.2) is 0 Å². The Morgan fingerprint density at radius 3 is 1.55 bits per heavy atom. The highest BCUT2D eigenvalue weighted by molar-refractivity contribution is 5.98. The van der Waals surface area contributed by atoms with Gasteiger partial charge < -0.3 is 68.7 Å². The molecule has 7 atom stereocenters. The first kappa shape index (κ1) is 52.0. The number of hydrogen-bond donors (Lipinski definition) is 13. The Morgan fingerprint density at radius 2 is 1.06 bits per heavy atom. The van der Waals surface area contributed by atoms with Gasteiger partial charge in [0.2, 0.25) is 41.4 Å². The molecule has 1 aromatic carbocycles. The second-order valence-electron chi connectivity index (χ2n) is 16.1. The first-order chi connectivity index (χ1) is 30.6. The van der Waals surface area contributed by atoms with Crippen LogP contribution in [0.25, 0.3) is 0 Å². The number of amides is 7. The lowest BCUT2D eigenvalue weighted by atomic mass is 10.00. The lowest BCUT2D eigenvalue weighted by molar-refractivity contribution is -0.143. The number of nitrogens with two attached hydrogens (primary N) is 2. The number of carbonyl (C=O) groups is 9. The third-order valence-electron chi connectivity index (χ3n) is 9.89. The molecule has 0 unspecified atom stereocenters. The number of carboxylic acid groups (broad SMARTS) is 2. The second-order valence-corrected chi connectivity index (χ2v) is 16.1. The molecule has 24 nitrogen and oxygen atoms in total. The zero-order chi connectivity index (χ0) is 48.4. The zero-order valence-electron chi connectivity index (χ0n) is 36.3. The van der Waals surface area contributed by atoms with Gasteiger partial charge in [0, 0.05) is 49.5 Å². The average Bonchev–Trinajstić information content (AvgIpc) is 3.96. The molecule has 0 saturated heterocycles. The van der Waals surface area contributed by atoms with Crippen LogP contribution in [0.2, 0.25) is 0 Å². The molecule has 7 amide bonds. The van der Waals surface area contributed by atoms with E-state index in [0.29, 0.717) is 17.0 Å². The molecule has 0 spiro atoms. The van der Waals surface area contributed by atoms with Gasteiger partial charge in [-0.15, -0.1) is 0 Å². The van der Waals surface area contributed by atoms with Gasteiger partial charge in [0.1, 0.15) is 42.0 Å². The minimum atomic E-state index is -1.75. The van der Waals surface area contributed by atoms with Gasteiger partial charge in [0.25, 0.3) is 0 Å². The molecule has 15 N–H and O–H groups in total. The van der Waals surface area contributed by atoms with Crippen molar-refractivity contribution in [2.45, 2.75) is 115 Å². The maximum absolute atomic E-state index is 14.0. The number of benzene rings is 1. The topological polar surface area (TPSA) is 396 Å². The van der Waals surface area contributed by atoms with Crippen LogP contribution in [0.5, 0.6) is 5.75 Å². The summed E-state index contributed by atoms with van der Waals surface area (Å²) >= 11 is 0. The van der Waals surface area contributed by atoms with E-state index in [1.807, 2.05) is 0 Å². The number of primary amides is 1. The van der Waals surface area contributed by atoms with Crippen molar-refractivity contribution in [3.63, 3.8) is 0 Å². The van der Waals surface area contributed by atoms with Gasteiger partial charge in [-0.05, 0) is 42.4 Å². The Bertz CT molecular complexity index is 2090. The van der Waals surface area contributed by atoms with Crippen LogP contribution in [0.4, 0.5) is 0 Å². The van der Waals surface area contributed by atoms with E-state index < -0.39 is 115 Å². The maximum atomic E-state index is 14.0. The number of nitrogens with one attached hydrogen (secondary N) is 8. The minimum absolute atomic E-state index is 0.00895. The third-order valence-corrected chi connectivity index (χ3v) is 9.89. The van der Waals surface area contributed by atoms with E-state index in [1.54, 1.807) is 27.7 Å². The lowest BCUT2D eigenvalue weighted by Crippen LogP contribution is -2.61. The molecule has 2 heterocycles.